The summed E-state index contributed by atoms with van der Waals surface area (Å²) >= 11 is 0. The molecule has 0 heterocycles. The molecule has 0 aliphatic carbocycles. The summed E-state index contributed by atoms with van der Waals surface area (Å²) in [6, 6.07) is 19.5. The third-order valence-electron chi connectivity index (χ3n) is 7.44. The first-order valence-electron chi connectivity index (χ1n) is 13.8. The molecule has 0 aliphatic rings. The number of anilines is 4. The first kappa shape index (κ1) is 31.0. The summed E-state index contributed by atoms with van der Waals surface area (Å²) in [6.07, 6.45) is 2.48. The molecule has 5 N–H and O–H groups in total. The number of rotatable bonds is 13. The van der Waals surface area contributed by atoms with Crippen molar-refractivity contribution >= 4 is 41.1 Å². The molecule has 0 radical (unpaired) electrons. The maximum Gasteiger partial charge on any atom is 0.323 e. The fourth-order valence-electron chi connectivity index (χ4n) is 4.06. The molecule has 0 saturated heterocycles. The highest BCUT2D eigenvalue weighted by Gasteiger charge is 2.27. The lowest BCUT2D eigenvalue weighted by molar-refractivity contribution is -0.118. The summed E-state index contributed by atoms with van der Waals surface area (Å²) in [6.45, 7) is 13.0. The van der Waals surface area contributed by atoms with E-state index in [1.807, 2.05) is 6.07 Å². The maximum absolute atomic E-state index is 12.8. The zero-order valence-electron chi connectivity index (χ0n) is 24.7. The molecule has 3 aromatic carbocycles. The second-order valence-electron chi connectivity index (χ2n) is 11.1. The van der Waals surface area contributed by atoms with Crippen LogP contribution in [0.3, 0.4) is 0 Å². The molecule has 0 aromatic heterocycles. The molecule has 9 heteroatoms. The zero-order chi connectivity index (χ0) is 30.0. The third-order valence-corrected chi connectivity index (χ3v) is 7.44. The molecule has 3 aromatic rings. The number of nitrogens with one attached hydrogen (secondary N) is 5. The van der Waals surface area contributed by atoms with Gasteiger partial charge in [0.05, 0.1) is 5.69 Å². The van der Waals surface area contributed by atoms with Crippen LogP contribution >= 0.6 is 0 Å². The Labute approximate surface area is 242 Å². The van der Waals surface area contributed by atoms with Crippen LogP contribution in [0.1, 0.15) is 65.5 Å². The number of amides is 4. The topological polar surface area (TPSA) is 121 Å². The largest absolute Gasteiger partial charge is 0.483 e. The smallest absolute Gasteiger partial charge is 0.323 e. The summed E-state index contributed by atoms with van der Waals surface area (Å²) in [4.78, 5) is 35.6. The molecule has 0 aliphatic heterocycles. The number of benzene rings is 3. The van der Waals surface area contributed by atoms with E-state index >= 15 is 0 Å². The molecule has 4 amide bonds. The van der Waals surface area contributed by atoms with Crippen LogP contribution in [0.5, 0.6) is 5.75 Å². The molecule has 41 heavy (non-hydrogen) atoms. The Balaban J connectivity index is 1.61. The van der Waals surface area contributed by atoms with Gasteiger partial charge in [-0.1, -0.05) is 59.7 Å². The van der Waals surface area contributed by atoms with Crippen LogP contribution in [0.25, 0.3) is 0 Å². The van der Waals surface area contributed by atoms with Gasteiger partial charge in [-0.05, 0) is 77.8 Å². The number of carbonyl (C=O) groups excluding carboxylic acids is 3. The second kappa shape index (κ2) is 13.7. The Morgan fingerprint density at radius 3 is 2.00 bits per heavy atom. The van der Waals surface area contributed by atoms with E-state index in [9.17, 15) is 14.4 Å². The van der Waals surface area contributed by atoms with Crippen molar-refractivity contribution in [1.29, 1.82) is 0 Å². The number of hydrogen-bond donors (Lipinski definition) is 5. The van der Waals surface area contributed by atoms with E-state index in [0.29, 0.717) is 34.9 Å². The molecular formula is C32H41N5O4. The molecule has 0 bridgehead atoms. The highest BCUT2D eigenvalue weighted by atomic mass is 16.5. The Hall–Kier alpha value is -4.53. The summed E-state index contributed by atoms with van der Waals surface area (Å²) in [5.74, 6) is 0.404. The van der Waals surface area contributed by atoms with Gasteiger partial charge in [-0.3, -0.25) is 20.4 Å². The number of carbonyl (C=O) groups is 3. The molecular weight excluding hydrogens is 518 g/mol. The third kappa shape index (κ3) is 8.73. The summed E-state index contributed by atoms with van der Waals surface area (Å²) < 4.78 is 6.03. The molecule has 0 fully saturated rings. The fourth-order valence-corrected chi connectivity index (χ4v) is 4.06. The van der Waals surface area contributed by atoms with E-state index in [1.165, 1.54) is 5.56 Å². The molecule has 0 saturated carbocycles. The van der Waals surface area contributed by atoms with Gasteiger partial charge in [0.1, 0.15) is 5.75 Å². The average molecular weight is 560 g/mol. The van der Waals surface area contributed by atoms with Crippen LogP contribution in [-0.2, 0) is 20.4 Å². The Morgan fingerprint density at radius 1 is 0.756 bits per heavy atom. The van der Waals surface area contributed by atoms with Crippen LogP contribution in [0.15, 0.2) is 66.7 Å². The number of urea groups is 1. The van der Waals surface area contributed by atoms with Gasteiger partial charge in [-0.2, -0.15) is 0 Å². The van der Waals surface area contributed by atoms with Gasteiger partial charge in [-0.25, -0.2) is 4.79 Å². The van der Waals surface area contributed by atoms with Gasteiger partial charge in [-0.15, -0.1) is 0 Å². The lowest BCUT2D eigenvalue weighted by Gasteiger charge is -2.30. The number of hydrogen-bond acceptors (Lipinski definition) is 5. The van der Waals surface area contributed by atoms with Crippen molar-refractivity contribution in [2.24, 2.45) is 0 Å². The van der Waals surface area contributed by atoms with E-state index < -0.39 is 6.03 Å². The molecule has 9 nitrogen and oxygen atoms in total. The maximum atomic E-state index is 12.8. The van der Waals surface area contributed by atoms with Crippen molar-refractivity contribution in [3.8, 4) is 5.75 Å². The lowest BCUT2D eigenvalue weighted by atomic mass is 9.76. The van der Waals surface area contributed by atoms with E-state index in [-0.39, 0.29) is 23.3 Å². The Bertz CT molecular complexity index is 1350. The van der Waals surface area contributed by atoms with Gasteiger partial charge >= 0.3 is 6.03 Å². The monoisotopic (exact) mass is 559 g/mol. The van der Waals surface area contributed by atoms with Crippen LogP contribution in [0.4, 0.5) is 27.5 Å². The standard InChI is InChI=1S/C32H41N5O4/c1-7-31(3,4)22-12-17-28(27(18-22)32(5,6)8-2)41-20-29(39)34-25-10-9-11-26(19-25)36-30(40)35-23-13-15-24(16-14-23)37-33-21-38/h9-19,21,37H,7-8,20H2,1-6H3,(H,33,38)(H,34,39)(H2,35,36,40). The summed E-state index contributed by atoms with van der Waals surface area (Å²) in [7, 11) is 0. The first-order chi connectivity index (χ1) is 19.5. The van der Waals surface area contributed by atoms with Crippen molar-refractivity contribution < 1.29 is 19.1 Å². The second-order valence-corrected chi connectivity index (χ2v) is 11.1. The van der Waals surface area contributed by atoms with E-state index in [1.54, 1.807) is 48.5 Å². The van der Waals surface area contributed by atoms with Gasteiger partial charge in [0.15, 0.2) is 6.61 Å². The van der Waals surface area contributed by atoms with Crippen LogP contribution in [-0.4, -0.2) is 25.0 Å². The van der Waals surface area contributed by atoms with E-state index in [0.717, 1.165) is 18.4 Å². The SMILES string of the molecule is CCC(C)(C)c1ccc(OCC(=O)Nc2cccc(NC(=O)Nc3ccc(NNC=O)cc3)c2)c(C(C)(C)CC)c1. The number of ether oxygens (including phenoxy) is 1. The fraction of sp³-hybridized carbons (Fsp3) is 0.344. The first-order valence-corrected chi connectivity index (χ1v) is 13.8. The van der Waals surface area contributed by atoms with Crippen LogP contribution < -0.4 is 31.5 Å². The summed E-state index contributed by atoms with van der Waals surface area (Å²) in [5.41, 5.74) is 9.58. The minimum absolute atomic E-state index is 0.0436. The quantitative estimate of drug-likeness (QED) is 0.117. The highest BCUT2D eigenvalue weighted by molar-refractivity contribution is 6.00. The molecule has 0 unspecified atom stereocenters. The van der Waals surface area contributed by atoms with Gasteiger partial charge in [0, 0.05) is 22.6 Å². The van der Waals surface area contributed by atoms with Crippen molar-refractivity contribution in [2.45, 2.75) is 65.2 Å². The summed E-state index contributed by atoms with van der Waals surface area (Å²) in [5, 5.41) is 8.33. The Morgan fingerprint density at radius 2 is 1.37 bits per heavy atom. The van der Waals surface area contributed by atoms with Crippen LogP contribution in [0, 0.1) is 0 Å². The normalized spacial score (nSPS) is 11.3. The minimum Gasteiger partial charge on any atom is -0.483 e. The minimum atomic E-state index is -0.440. The van der Waals surface area contributed by atoms with Crippen LogP contribution in [0.2, 0.25) is 0 Å². The molecule has 0 spiro atoms. The van der Waals surface area contributed by atoms with Crippen molar-refractivity contribution in [3.63, 3.8) is 0 Å². The predicted molar refractivity (Wildman–Crippen MR) is 166 cm³/mol. The van der Waals surface area contributed by atoms with Gasteiger partial charge in [0.2, 0.25) is 6.41 Å². The molecule has 3 rings (SSSR count). The molecule has 218 valence electrons. The average Bonchev–Trinajstić information content (AvgIpc) is 2.95. The lowest BCUT2D eigenvalue weighted by Crippen LogP contribution is -2.24. The van der Waals surface area contributed by atoms with E-state index in [4.69, 9.17) is 4.74 Å². The Kier molecular flexibility index (Phi) is 10.4. The van der Waals surface area contributed by atoms with Crippen molar-refractivity contribution in [2.75, 3.05) is 28.0 Å². The van der Waals surface area contributed by atoms with Crippen molar-refractivity contribution in [3.05, 3.63) is 77.9 Å². The highest BCUT2D eigenvalue weighted by Crippen LogP contribution is 2.38. The van der Waals surface area contributed by atoms with Gasteiger partial charge < -0.3 is 20.7 Å². The van der Waals surface area contributed by atoms with E-state index in [2.05, 4.69) is 80.5 Å². The zero-order valence-corrected chi connectivity index (χ0v) is 24.7. The van der Waals surface area contributed by atoms with Crippen molar-refractivity contribution in [1.82, 2.24) is 5.43 Å². The molecule has 0 atom stereocenters. The number of hydrazine groups is 1. The predicted octanol–water partition coefficient (Wildman–Crippen LogP) is 6.80. The van der Waals surface area contributed by atoms with Gasteiger partial charge in [0.25, 0.3) is 5.91 Å².